The van der Waals surface area contributed by atoms with Gasteiger partial charge in [0.2, 0.25) is 21.8 Å². The Morgan fingerprint density at radius 3 is 2.47 bits per heavy atom. The topological polar surface area (TPSA) is 105 Å². The van der Waals surface area contributed by atoms with Gasteiger partial charge >= 0.3 is 0 Å². The number of rotatable bonds is 5. The lowest BCUT2D eigenvalue weighted by Gasteiger charge is -2.21. The Hall–Kier alpha value is -3.11. The maximum atomic E-state index is 13.2. The molecule has 0 spiro atoms. The van der Waals surface area contributed by atoms with E-state index in [9.17, 15) is 18.0 Å². The maximum absolute atomic E-state index is 13.2. The van der Waals surface area contributed by atoms with Gasteiger partial charge in [0, 0.05) is 30.5 Å². The zero-order valence-electron chi connectivity index (χ0n) is 19.2. The van der Waals surface area contributed by atoms with Gasteiger partial charge in [0.15, 0.2) is 11.5 Å². The van der Waals surface area contributed by atoms with Crippen LogP contribution in [0.25, 0.3) is 0 Å². The maximum Gasteiger partial charge on any atom is 0.244 e. The van der Waals surface area contributed by atoms with E-state index in [0.717, 1.165) is 12.8 Å². The predicted octanol–water partition coefficient (Wildman–Crippen LogP) is 2.51. The van der Waals surface area contributed by atoms with Crippen LogP contribution in [0.5, 0.6) is 11.5 Å². The van der Waals surface area contributed by atoms with Crippen LogP contribution >= 0.6 is 0 Å². The number of carbonyl (C=O) groups is 2. The van der Waals surface area contributed by atoms with Crippen LogP contribution in [-0.2, 0) is 25.0 Å². The Morgan fingerprint density at radius 1 is 1.03 bits per heavy atom. The number of benzene rings is 2. The molecule has 180 valence electrons. The molecule has 0 saturated carbocycles. The molecule has 0 radical (unpaired) electrons. The van der Waals surface area contributed by atoms with E-state index in [1.54, 1.807) is 44.2 Å². The smallest absolute Gasteiger partial charge is 0.244 e. The largest absolute Gasteiger partial charge is 0.486 e. The van der Waals surface area contributed by atoms with Gasteiger partial charge in [-0.3, -0.25) is 9.59 Å². The zero-order valence-corrected chi connectivity index (χ0v) is 20.0. The number of carbonyl (C=O) groups excluding carboxylic acids is 2. The van der Waals surface area contributed by atoms with E-state index >= 15 is 0 Å². The number of fused-ring (bicyclic) bond motifs is 2. The zero-order chi connectivity index (χ0) is 24.1. The molecular formula is C24H27N3O6S. The van der Waals surface area contributed by atoms with Gasteiger partial charge in [-0.25, -0.2) is 8.42 Å². The summed E-state index contributed by atoms with van der Waals surface area (Å²) >= 11 is 0. The van der Waals surface area contributed by atoms with Gasteiger partial charge < -0.3 is 19.7 Å². The second-order valence-corrected chi connectivity index (χ2v) is 11.2. The number of anilines is 2. The molecule has 1 saturated heterocycles. The third kappa shape index (κ3) is 3.80. The number of hydrogen-bond acceptors (Lipinski definition) is 6. The molecule has 0 bridgehead atoms. The van der Waals surface area contributed by atoms with Gasteiger partial charge in [0.25, 0.3) is 0 Å². The van der Waals surface area contributed by atoms with Gasteiger partial charge in [-0.2, -0.15) is 4.31 Å². The summed E-state index contributed by atoms with van der Waals surface area (Å²) in [6.07, 6.45) is 1.70. The van der Waals surface area contributed by atoms with Crippen LogP contribution in [0, 0.1) is 0 Å². The first kappa shape index (κ1) is 22.7. The number of nitrogens with one attached hydrogen (secondary N) is 1. The molecule has 2 amide bonds. The van der Waals surface area contributed by atoms with Crippen LogP contribution in [0.4, 0.5) is 11.4 Å². The van der Waals surface area contributed by atoms with Crippen molar-refractivity contribution >= 4 is 33.2 Å². The minimum Gasteiger partial charge on any atom is -0.486 e. The fraction of sp³-hybridized carbons (Fsp3) is 0.417. The Bertz CT molecular complexity index is 1270. The van der Waals surface area contributed by atoms with Crippen molar-refractivity contribution in [1.82, 2.24) is 4.31 Å². The number of nitrogens with zero attached hydrogens (tertiary/aromatic N) is 2. The average Bonchev–Trinajstić information content (AvgIpc) is 3.42. The molecular weight excluding hydrogens is 458 g/mol. The first-order valence-corrected chi connectivity index (χ1v) is 12.8. The minimum atomic E-state index is -3.61. The molecule has 3 aliphatic heterocycles. The Labute approximate surface area is 198 Å². The van der Waals surface area contributed by atoms with Gasteiger partial charge in [0.1, 0.15) is 19.8 Å². The summed E-state index contributed by atoms with van der Waals surface area (Å²) in [7, 11) is -3.61. The van der Waals surface area contributed by atoms with Crippen molar-refractivity contribution in [2.45, 2.75) is 37.0 Å². The average molecular weight is 486 g/mol. The predicted molar refractivity (Wildman–Crippen MR) is 126 cm³/mol. The third-order valence-corrected chi connectivity index (χ3v) is 8.44. The molecule has 2 aromatic carbocycles. The monoisotopic (exact) mass is 485 g/mol. The molecule has 5 rings (SSSR count). The molecule has 1 N–H and O–H groups in total. The molecule has 10 heteroatoms. The Balaban J connectivity index is 1.37. The summed E-state index contributed by atoms with van der Waals surface area (Å²) in [5, 5.41) is 2.80. The SMILES string of the molecule is CC1(C)C(=O)N(CC(=O)Nc2ccc3c(c2)OCCO3)c2ccc(S(=O)(=O)N3CCCC3)cc21. The van der Waals surface area contributed by atoms with Crippen molar-refractivity contribution < 1.29 is 27.5 Å². The van der Waals surface area contributed by atoms with E-state index in [1.165, 1.54) is 15.3 Å². The number of sulfonamides is 1. The summed E-state index contributed by atoms with van der Waals surface area (Å²) in [5.41, 5.74) is 0.730. The number of amides is 2. The highest BCUT2D eigenvalue weighted by Crippen LogP contribution is 2.43. The first-order valence-electron chi connectivity index (χ1n) is 11.3. The van der Waals surface area contributed by atoms with Crippen molar-refractivity contribution in [3.05, 3.63) is 42.0 Å². The minimum absolute atomic E-state index is 0.177. The van der Waals surface area contributed by atoms with Gasteiger partial charge in [-0.15, -0.1) is 0 Å². The van der Waals surface area contributed by atoms with Crippen molar-refractivity contribution in [3.8, 4) is 11.5 Å². The first-order chi connectivity index (χ1) is 16.2. The van der Waals surface area contributed by atoms with Crippen LogP contribution in [0.1, 0.15) is 32.3 Å². The number of hydrogen-bond donors (Lipinski definition) is 1. The quantitative estimate of drug-likeness (QED) is 0.698. The van der Waals surface area contributed by atoms with E-state index in [0.29, 0.717) is 54.7 Å². The standard InChI is InChI=1S/C24H27N3O6S/c1-24(2)18-14-17(34(30,31)26-9-3-4-10-26)6-7-19(18)27(23(24)29)15-22(28)25-16-5-8-20-21(13-16)33-12-11-32-20/h5-8,13-14H,3-4,9-12,15H2,1-2H3,(H,25,28). The van der Waals surface area contributed by atoms with Gasteiger partial charge in [-0.05, 0) is 62.6 Å². The fourth-order valence-corrected chi connectivity index (χ4v) is 6.22. The van der Waals surface area contributed by atoms with Crippen LogP contribution in [0.15, 0.2) is 41.3 Å². The highest BCUT2D eigenvalue weighted by atomic mass is 32.2. The summed E-state index contributed by atoms with van der Waals surface area (Å²) in [6.45, 7) is 5.24. The van der Waals surface area contributed by atoms with Gasteiger partial charge in [-0.1, -0.05) is 0 Å². The highest BCUT2D eigenvalue weighted by Gasteiger charge is 2.45. The lowest BCUT2D eigenvalue weighted by atomic mass is 9.86. The second-order valence-electron chi connectivity index (χ2n) is 9.21. The molecule has 1 fully saturated rings. The summed E-state index contributed by atoms with van der Waals surface area (Å²) < 4.78 is 38.6. The van der Waals surface area contributed by atoms with E-state index in [1.807, 2.05) is 0 Å². The Kier molecular flexibility index (Phi) is 5.52. The third-order valence-electron chi connectivity index (χ3n) is 6.54. The summed E-state index contributed by atoms with van der Waals surface area (Å²) in [6, 6.07) is 9.86. The summed E-state index contributed by atoms with van der Waals surface area (Å²) in [4.78, 5) is 27.6. The molecule has 9 nitrogen and oxygen atoms in total. The molecule has 0 unspecified atom stereocenters. The molecule has 0 aliphatic carbocycles. The number of ether oxygens (including phenoxy) is 2. The van der Waals surface area contributed by atoms with Crippen molar-refractivity contribution in [3.63, 3.8) is 0 Å². The van der Waals surface area contributed by atoms with E-state index in [4.69, 9.17) is 9.47 Å². The van der Waals surface area contributed by atoms with Crippen LogP contribution in [0.3, 0.4) is 0 Å². The molecule has 3 heterocycles. The fourth-order valence-electron chi connectivity index (χ4n) is 4.67. The van der Waals surface area contributed by atoms with Crippen LogP contribution in [0.2, 0.25) is 0 Å². The van der Waals surface area contributed by atoms with E-state index in [2.05, 4.69) is 5.32 Å². The van der Waals surface area contributed by atoms with Crippen LogP contribution in [-0.4, -0.2) is 57.4 Å². The highest BCUT2D eigenvalue weighted by molar-refractivity contribution is 7.89. The van der Waals surface area contributed by atoms with Crippen molar-refractivity contribution in [2.75, 3.05) is 43.1 Å². The van der Waals surface area contributed by atoms with E-state index in [-0.39, 0.29) is 23.3 Å². The molecule has 2 aromatic rings. The van der Waals surface area contributed by atoms with Crippen molar-refractivity contribution in [1.29, 1.82) is 0 Å². The molecule has 34 heavy (non-hydrogen) atoms. The van der Waals surface area contributed by atoms with Crippen LogP contribution < -0.4 is 19.7 Å². The molecule has 3 aliphatic rings. The van der Waals surface area contributed by atoms with Gasteiger partial charge in [0.05, 0.1) is 10.3 Å². The normalized spacial score (nSPS) is 19.2. The van der Waals surface area contributed by atoms with Crippen molar-refractivity contribution in [2.24, 2.45) is 0 Å². The molecule has 0 atom stereocenters. The second kappa shape index (κ2) is 8.28. The molecule has 0 aromatic heterocycles. The lowest BCUT2D eigenvalue weighted by molar-refractivity contribution is -0.124. The van der Waals surface area contributed by atoms with E-state index < -0.39 is 15.4 Å². The summed E-state index contributed by atoms with van der Waals surface area (Å²) in [5.74, 6) is 0.548. The lowest BCUT2D eigenvalue weighted by Crippen LogP contribution is -2.40. The Morgan fingerprint density at radius 2 is 1.74 bits per heavy atom.